The highest BCUT2D eigenvalue weighted by Crippen LogP contribution is 2.15. The van der Waals surface area contributed by atoms with Gasteiger partial charge in [-0.05, 0) is 37.8 Å². The largest absolute Gasteiger partial charge is 0.271 e. The van der Waals surface area contributed by atoms with Crippen molar-refractivity contribution < 1.29 is 0 Å². The molecule has 0 heterocycles. The second-order valence-corrected chi connectivity index (χ2v) is 5.70. The number of hydrogen-bond acceptors (Lipinski definition) is 2. The van der Waals surface area contributed by atoms with Crippen molar-refractivity contribution in [1.29, 1.82) is 0 Å². The monoisotopic (exact) mass is 262 g/mol. The molecule has 19 heavy (non-hydrogen) atoms. The van der Waals surface area contributed by atoms with Crippen LogP contribution in [0.15, 0.2) is 18.2 Å². The Hall–Kier alpha value is -0.860. The predicted molar refractivity (Wildman–Crippen MR) is 84.1 cm³/mol. The number of benzene rings is 1. The maximum Gasteiger partial charge on any atom is 0.0251 e. The first-order valence-corrected chi connectivity index (χ1v) is 7.69. The van der Waals surface area contributed by atoms with Crippen LogP contribution in [0.3, 0.4) is 0 Å². The molecule has 0 bridgehead atoms. The minimum absolute atomic E-state index is 0.405. The van der Waals surface area contributed by atoms with Crippen LogP contribution in [-0.2, 0) is 6.42 Å². The summed E-state index contributed by atoms with van der Waals surface area (Å²) in [6, 6.07) is 7.08. The fourth-order valence-electron chi connectivity index (χ4n) is 2.52. The molecule has 2 nitrogen and oxygen atoms in total. The molecule has 0 radical (unpaired) electrons. The number of rotatable bonds is 9. The summed E-state index contributed by atoms with van der Waals surface area (Å²) >= 11 is 0. The average Bonchev–Trinajstić information content (AvgIpc) is 2.41. The fourth-order valence-corrected chi connectivity index (χ4v) is 2.52. The lowest BCUT2D eigenvalue weighted by Crippen LogP contribution is -2.36. The van der Waals surface area contributed by atoms with Gasteiger partial charge < -0.3 is 0 Å². The fraction of sp³-hybridized carbons (Fsp3) is 0.647. The van der Waals surface area contributed by atoms with Gasteiger partial charge in [-0.1, -0.05) is 62.8 Å². The smallest absolute Gasteiger partial charge is 0.0251 e. The van der Waals surface area contributed by atoms with Crippen LogP contribution in [0.25, 0.3) is 0 Å². The lowest BCUT2D eigenvalue weighted by molar-refractivity contribution is 0.460. The van der Waals surface area contributed by atoms with Gasteiger partial charge in [0.25, 0.3) is 0 Å². The Balaban J connectivity index is 2.41. The van der Waals surface area contributed by atoms with E-state index in [1.165, 1.54) is 55.2 Å². The van der Waals surface area contributed by atoms with E-state index in [2.05, 4.69) is 44.4 Å². The molecular formula is C17H30N2. The molecule has 2 heteroatoms. The third kappa shape index (κ3) is 6.22. The van der Waals surface area contributed by atoms with E-state index in [1.807, 2.05) is 0 Å². The van der Waals surface area contributed by atoms with Gasteiger partial charge in [-0.15, -0.1) is 0 Å². The van der Waals surface area contributed by atoms with Gasteiger partial charge in [0.2, 0.25) is 0 Å². The molecule has 1 rings (SSSR count). The highest BCUT2D eigenvalue weighted by molar-refractivity contribution is 5.31. The van der Waals surface area contributed by atoms with E-state index in [1.54, 1.807) is 0 Å². The number of hydrogen-bond donors (Lipinski definition) is 2. The Bertz CT molecular complexity index is 360. The topological polar surface area (TPSA) is 38.0 Å². The average molecular weight is 262 g/mol. The van der Waals surface area contributed by atoms with Gasteiger partial charge in [0.15, 0.2) is 0 Å². The van der Waals surface area contributed by atoms with Crippen LogP contribution < -0.4 is 11.3 Å². The van der Waals surface area contributed by atoms with Gasteiger partial charge in [0, 0.05) is 6.04 Å². The van der Waals surface area contributed by atoms with Gasteiger partial charge in [-0.2, -0.15) is 0 Å². The molecule has 1 unspecified atom stereocenters. The molecule has 108 valence electrons. The van der Waals surface area contributed by atoms with Gasteiger partial charge in [-0.25, -0.2) is 0 Å². The second-order valence-electron chi connectivity index (χ2n) is 5.70. The molecule has 1 aromatic rings. The number of unbranched alkanes of at least 4 members (excludes halogenated alkanes) is 4. The van der Waals surface area contributed by atoms with Crippen molar-refractivity contribution in [3.8, 4) is 0 Å². The molecule has 0 aliphatic carbocycles. The highest BCUT2D eigenvalue weighted by Gasteiger charge is 2.09. The van der Waals surface area contributed by atoms with Gasteiger partial charge >= 0.3 is 0 Å². The van der Waals surface area contributed by atoms with Crippen LogP contribution in [0.5, 0.6) is 0 Å². The molecule has 0 saturated heterocycles. The molecule has 0 saturated carbocycles. The second kappa shape index (κ2) is 9.11. The molecule has 0 amide bonds. The van der Waals surface area contributed by atoms with Crippen LogP contribution in [-0.4, -0.2) is 6.04 Å². The van der Waals surface area contributed by atoms with E-state index >= 15 is 0 Å². The Kier molecular flexibility index (Phi) is 7.76. The van der Waals surface area contributed by atoms with Crippen molar-refractivity contribution in [2.24, 2.45) is 5.84 Å². The summed E-state index contributed by atoms with van der Waals surface area (Å²) < 4.78 is 0. The van der Waals surface area contributed by atoms with E-state index in [4.69, 9.17) is 5.84 Å². The van der Waals surface area contributed by atoms with Crippen LogP contribution in [0.4, 0.5) is 0 Å². The summed E-state index contributed by atoms with van der Waals surface area (Å²) in [5.41, 5.74) is 7.12. The Morgan fingerprint density at radius 1 is 1.11 bits per heavy atom. The van der Waals surface area contributed by atoms with Crippen LogP contribution in [0.2, 0.25) is 0 Å². The Labute approximate surface area is 118 Å². The molecule has 0 aromatic heterocycles. The van der Waals surface area contributed by atoms with Crippen molar-refractivity contribution in [2.75, 3.05) is 0 Å². The molecule has 1 atom stereocenters. The maximum absolute atomic E-state index is 5.70. The van der Waals surface area contributed by atoms with E-state index in [0.717, 1.165) is 6.42 Å². The molecule has 1 aromatic carbocycles. The van der Waals surface area contributed by atoms with Crippen LogP contribution in [0, 0.1) is 13.8 Å². The lowest BCUT2D eigenvalue weighted by atomic mass is 9.96. The summed E-state index contributed by atoms with van der Waals surface area (Å²) in [7, 11) is 0. The third-order valence-corrected chi connectivity index (χ3v) is 3.86. The van der Waals surface area contributed by atoms with Crippen LogP contribution >= 0.6 is 0 Å². The van der Waals surface area contributed by atoms with Crippen molar-refractivity contribution in [3.63, 3.8) is 0 Å². The normalized spacial score (nSPS) is 12.6. The van der Waals surface area contributed by atoms with Crippen molar-refractivity contribution in [3.05, 3.63) is 34.9 Å². The standard InChI is InChI=1S/C17H30N2/c1-4-5-6-7-8-9-17(19-18)13-16-12-14(2)10-11-15(16)3/h10-12,17,19H,4-9,13,18H2,1-3H3. The zero-order valence-corrected chi connectivity index (χ0v) is 12.8. The van der Waals surface area contributed by atoms with E-state index in [0.29, 0.717) is 6.04 Å². The molecule has 0 aliphatic heterocycles. The van der Waals surface area contributed by atoms with Crippen molar-refractivity contribution in [1.82, 2.24) is 5.43 Å². The number of aryl methyl sites for hydroxylation is 2. The third-order valence-electron chi connectivity index (χ3n) is 3.86. The first-order valence-electron chi connectivity index (χ1n) is 7.69. The zero-order chi connectivity index (χ0) is 14.1. The summed E-state index contributed by atoms with van der Waals surface area (Å²) in [6.07, 6.45) is 8.85. The quantitative estimate of drug-likeness (QED) is 0.400. The van der Waals surface area contributed by atoms with Crippen molar-refractivity contribution >= 4 is 0 Å². The van der Waals surface area contributed by atoms with E-state index < -0.39 is 0 Å². The number of nitrogens with two attached hydrogens (primary N) is 1. The molecule has 0 fully saturated rings. The first-order chi connectivity index (χ1) is 9.17. The minimum Gasteiger partial charge on any atom is -0.271 e. The van der Waals surface area contributed by atoms with E-state index in [-0.39, 0.29) is 0 Å². The first kappa shape index (κ1) is 16.2. The van der Waals surface area contributed by atoms with Gasteiger partial charge in [0.05, 0.1) is 0 Å². The van der Waals surface area contributed by atoms with Crippen LogP contribution in [0.1, 0.15) is 62.1 Å². The lowest BCUT2D eigenvalue weighted by Gasteiger charge is -2.17. The summed E-state index contributed by atoms with van der Waals surface area (Å²) in [5.74, 6) is 5.70. The minimum atomic E-state index is 0.405. The van der Waals surface area contributed by atoms with Gasteiger partial charge in [0.1, 0.15) is 0 Å². The molecule has 3 N–H and O–H groups in total. The maximum atomic E-state index is 5.70. The van der Waals surface area contributed by atoms with Gasteiger partial charge in [-0.3, -0.25) is 11.3 Å². The molecule has 0 aliphatic rings. The van der Waals surface area contributed by atoms with E-state index in [9.17, 15) is 0 Å². The summed E-state index contributed by atoms with van der Waals surface area (Å²) in [4.78, 5) is 0. The highest BCUT2D eigenvalue weighted by atomic mass is 15.2. The SMILES string of the molecule is CCCCCCCC(Cc1cc(C)ccc1C)NN. The number of hydrazine groups is 1. The predicted octanol–water partition coefficient (Wildman–Crippen LogP) is 4.04. The van der Waals surface area contributed by atoms with Crippen molar-refractivity contribution in [2.45, 2.75) is 71.8 Å². The Morgan fingerprint density at radius 2 is 1.84 bits per heavy atom. The number of nitrogens with one attached hydrogen (secondary N) is 1. The summed E-state index contributed by atoms with van der Waals surface area (Å²) in [5, 5.41) is 0. The summed E-state index contributed by atoms with van der Waals surface area (Å²) in [6.45, 7) is 6.59. The molecular weight excluding hydrogens is 232 g/mol. The molecule has 0 spiro atoms. The Morgan fingerprint density at radius 3 is 2.53 bits per heavy atom. The zero-order valence-electron chi connectivity index (χ0n) is 12.8.